The van der Waals surface area contributed by atoms with Crippen molar-refractivity contribution in [3.05, 3.63) is 24.3 Å². The Morgan fingerprint density at radius 1 is 1.42 bits per heavy atom. The minimum atomic E-state index is -0.0728. The molecule has 0 radical (unpaired) electrons. The Labute approximate surface area is 76.0 Å². The molecule has 12 heavy (non-hydrogen) atoms. The van der Waals surface area contributed by atoms with Crippen LogP contribution in [0, 0.1) is 0 Å². The fraction of sp³-hybridized carbons (Fsp3) is 0.375. The molecule has 2 N–H and O–H groups in total. The Kier molecular flexibility index (Phi) is 1.58. The molecule has 0 amide bonds. The van der Waals surface area contributed by atoms with Crippen LogP contribution in [0.25, 0.3) is 0 Å². The van der Waals surface area contributed by atoms with E-state index in [0.29, 0.717) is 4.99 Å². The Morgan fingerprint density at radius 2 is 2.00 bits per heavy atom. The maximum atomic E-state index is 5.64. The Bertz CT molecular complexity index is 305. The predicted octanol–water partition coefficient (Wildman–Crippen LogP) is 0.794. The lowest BCUT2D eigenvalue weighted by atomic mass is 10.00. The van der Waals surface area contributed by atoms with Crippen LogP contribution in [-0.4, -0.2) is 15.0 Å². The molecule has 0 saturated heterocycles. The van der Waals surface area contributed by atoms with Crippen molar-refractivity contribution >= 4 is 17.2 Å². The average molecular weight is 179 g/mol. The first-order valence-corrected chi connectivity index (χ1v) is 4.22. The van der Waals surface area contributed by atoms with Gasteiger partial charge in [0.05, 0.1) is 4.99 Å². The SMILES string of the molecule is NC(=S)C1(c2cncnc2)CC1. The van der Waals surface area contributed by atoms with E-state index in [1.165, 1.54) is 6.33 Å². The molecular formula is C8H9N3S. The first-order chi connectivity index (χ1) is 5.76. The number of nitrogens with zero attached hydrogens (tertiary/aromatic N) is 2. The van der Waals surface area contributed by atoms with E-state index in [9.17, 15) is 0 Å². The van der Waals surface area contributed by atoms with E-state index in [1.807, 2.05) is 0 Å². The van der Waals surface area contributed by atoms with Gasteiger partial charge in [-0.05, 0) is 12.8 Å². The Hall–Kier alpha value is -1.03. The Balaban J connectivity index is 2.37. The second-order valence-electron chi connectivity index (χ2n) is 3.07. The zero-order valence-corrected chi connectivity index (χ0v) is 7.34. The van der Waals surface area contributed by atoms with E-state index in [0.717, 1.165) is 18.4 Å². The maximum Gasteiger partial charge on any atom is 0.115 e. The number of hydrogen-bond acceptors (Lipinski definition) is 3. The third-order valence-corrected chi connectivity index (χ3v) is 2.73. The standard InChI is InChI=1S/C8H9N3S/c9-7(12)8(1-2-8)6-3-10-5-11-4-6/h3-5H,1-2H2,(H2,9,12). The zero-order valence-electron chi connectivity index (χ0n) is 6.53. The van der Waals surface area contributed by atoms with Crippen molar-refractivity contribution in [3.8, 4) is 0 Å². The molecule has 62 valence electrons. The van der Waals surface area contributed by atoms with Crippen LogP contribution in [-0.2, 0) is 5.41 Å². The largest absolute Gasteiger partial charge is 0.393 e. The van der Waals surface area contributed by atoms with Crippen LogP contribution in [0.15, 0.2) is 18.7 Å². The molecule has 0 spiro atoms. The van der Waals surface area contributed by atoms with Gasteiger partial charge in [-0.3, -0.25) is 0 Å². The van der Waals surface area contributed by atoms with Gasteiger partial charge in [-0.25, -0.2) is 9.97 Å². The highest BCUT2D eigenvalue weighted by molar-refractivity contribution is 7.80. The normalized spacial score (nSPS) is 18.7. The lowest BCUT2D eigenvalue weighted by molar-refractivity contribution is 0.917. The van der Waals surface area contributed by atoms with Gasteiger partial charge in [0.25, 0.3) is 0 Å². The fourth-order valence-corrected chi connectivity index (χ4v) is 1.67. The summed E-state index contributed by atoms with van der Waals surface area (Å²) in [5.74, 6) is 0. The van der Waals surface area contributed by atoms with Crippen LogP contribution in [0.5, 0.6) is 0 Å². The lowest BCUT2D eigenvalue weighted by Gasteiger charge is -2.11. The van der Waals surface area contributed by atoms with Crippen LogP contribution in [0.4, 0.5) is 0 Å². The minimum Gasteiger partial charge on any atom is -0.393 e. The lowest BCUT2D eigenvalue weighted by Crippen LogP contribution is -2.26. The summed E-state index contributed by atoms with van der Waals surface area (Å²) >= 11 is 5.00. The molecular weight excluding hydrogens is 170 g/mol. The summed E-state index contributed by atoms with van der Waals surface area (Å²) in [4.78, 5) is 8.46. The van der Waals surface area contributed by atoms with E-state index in [2.05, 4.69) is 9.97 Å². The summed E-state index contributed by atoms with van der Waals surface area (Å²) < 4.78 is 0. The summed E-state index contributed by atoms with van der Waals surface area (Å²) in [6.07, 6.45) is 7.17. The molecule has 1 fully saturated rings. The van der Waals surface area contributed by atoms with Gasteiger partial charge in [0.2, 0.25) is 0 Å². The highest BCUT2D eigenvalue weighted by Gasteiger charge is 2.47. The van der Waals surface area contributed by atoms with Gasteiger partial charge in [0, 0.05) is 23.4 Å². The average Bonchev–Trinajstić information content (AvgIpc) is 2.86. The van der Waals surface area contributed by atoms with Crippen molar-refractivity contribution in [1.29, 1.82) is 0 Å². The first-order valence-electron chi connectivity index (χ1n) is 3.81. The summed E-state index contributed by atoms with van der Waals surface area (Å²) in [5.41, 5.74) is 6.62. The number of rotatable bonds is 2. The van der Waals surface area contributed by atoms with Crippen LogP contribution in [0.1, 0.15) is 18.4 Å². The zero-order chi connectivity index (χ0) is 8.60. The predicted molar refractivity (Wildman–Crippen MR) is 49.7 cm³/mol. The number of hydrogen-bond donors (Lipinski definition) is 1. The summed E-state index contributed by atoms with van der Waals surface area (Å²) in [5, 5.41) is 0. The Morgan fingerprint density at radius 3 is 2.42 bits per heavy atom. The highest BCUT2D eigenvalue weighted by Crippen LogP contribution is 2.47. The van der Waals surface area contributed by atoms with Crippen molar-refractivity contribution in [1.82, 2.24) is 9.97 Å². The molecule has 3 nitrogen and oxygen atoms in total. The van der Waals surface area contributed by atoms with Crippen molar-refractivity contribution in [2.24, 2.45) is 5.73 Å². The van der Waals surface area contributed by atoms with E-state index in [1.54, 1.807) is 12.4 Å². The molecule has 0 aromatic carbocycles. The summed E-state index contributed by atoms with van der Waals surface area (Å²) in [7, 11) is 0. The molecule has 0 aliphatic heterocycles. The van der Waals surface area contributed by atoms with Crippen molar-refractivity contribution in [2.75, 3.05) is 0 Å². The van der Waals surface area contributed by atoms with E-state index in [4.69, 9.17) is 18.0 Å². The van der Waals surface area contributed by atoms with Gasteiger partial charge in [0.1, 0.15) is 6.33 Å². The van der Waals surface area contributed by atoms with Crippen molar-refractivity contribution in [2.45, 2.75) is 18.3 Å². The minimum absolute atomic E-state index is 0.0728. The number of aromatic nitrogens is 2. The van der Waals surface area contributed by atoms with Gasteiger partial charge >= 0.3 is 0 Å². The first kappa shape index (κ1) is 7.61. The third-order valence-electron chi connectivity index (χ3n) is 2.33. The van der Waals surface area contributed by atoms with E-state index < -0.39 is 0 Å². The molecule has 2 rings (SSSR count). The van der Waals surface area contributed by atoms with Crippen LogP contribution >= 0.6 is 12.2 Å². The van der Waals surface area contributed by atoms with Gasteiger partial charge < -0.3 is 5.73 Å². The smallest absolute Gasteiger partial charge is 0.115 e. The van der Waals surface area contributed by atoms with Crippen LogP contribution in [0.2, 0.25) is 0 Å². The molecule has 1 saturated carbocycles. The van der Waals surface area contributed by atoms with Crippen molar-refractivity contribution in [3.63, 3.8) is 0 Å². The van der Waals surface area contributed by atoms with Gasteiger partial charge in [-0.1, -0.05) is 12.2 Å². The maximum absolute atomic E-state index is 5.64. The van der Waals surface area contributed by atoms with Gasteiger partial charge in [0.15, 0.2) is 0 Å². The molecule has 1 aliphatic carbocycles. The number of thiocarbonyl (C=S) groups is 1. The van der Waals surface area contributed by atoms with E-state index in [-0.39, 0.29) is 5.41 Å². The summed E-state index contributed by atoms with van der Waals surface area (Å²) in [6, 6.07) is 0. The van der Waals surface area contributed by atoms with Crippen molar-refractivity contribution < 1.29 is 0 Å². The van der Waals surface area contributed by atoms with Crippen LogP contribution < -0.4 is 5.73 Å². The molecule has 0 unspecified atom stereocenters. The van der Waals surface area contributed by atoms with Crippen LogP contribution in [0.3, 0.4) is 0 Å². The van der Waals surface area contributed by atoms with Gasteiger partial charge in [-0.15, -0.1) is 0 Å². The van der Waals surface area contributed by atoms with Gasteiger partial charge in [-0.2, -0.15) is 0 Å². The van der Waals surface area contributed by atoms with E-state index >= 15 is 0 Å². The fourth-order valence-electron chi connectivity index (χ4n) is 1.35. The number of nitrogens with two attached hydrogens (primary N) is 1. The second-order valence-corrected chi connectivity index (χ2v) is 3.51. The second kappa shape index (κ2) is 2.48. The molecule has 1 aromatic heterocycles. The third kappa shape index (κ3) is 0.992. The monoisotopic (exact) mass is 179 g/mol. The molecule has 1 heterocycles. The summed E-state index contributed by atoms with van der Waals surface area (Å²) in [6.45, 7) is 0. The molecule has 1 aliphatic rings. The highest BCUT2D eigenvalue weighted by atomic mass is 32.1. The molecule has 0 bridgehead atoms. The quantitative estimate of drug-likeness (QED) is 0.682. The topological polar surface area (TPSA) is 51.8 Å². The molecule has 4 heteroatoms. The molecule has 0 atom stereocenters. The molecule has 1 aromatic rings.